The fourth-order valence-electron chi connectivity index (χ4n) is 7.11. The van der Waals surface area contributed by atoms with Crippen LogP contribution < -0.4 is 24.8 Å². The van der Waals surface area contributed by atoms with Crippen LogP contribution in [-0.2, 0) is 32.6 Å². The molecule has 8 rings (SSSR count). The smallest absolute Gasteiger partial charge is 1.00 e. The molecule has 2 aromatic rings. The molecule has 0 aliphatic heterocycles. The first-order valence-electron chi connectivity index (χ1n) is 11.2. The fourth-order valence-corrected chi connectivity index (χ4v) is 7.11. The van der Waals surface area contributed by atoms with E-state index in [0.717, 1.165) is 42.4 Å². The Morgan fingerprint density at radius 2 is 1.45 bits per heavy atom. The minimum atomic E-state index is 0. The Morgan fingerprint density at radius 1 is 0.774 bits per heavy atom. The van der Waals surface area contributed by atoms with E-state index in [4.69, 9.17) is 0 Å². The van der Waals surface area contributed by atoms with Gasteiger partial charge in [0.25, 0.3) is 0 Å². The van der Waals surface area contributed by atoms with Crippen LogP contribution in [0.3, 0.4) is 0 Å². The molecule has 6 aliphatic carbocycles. The van der Waals surface area contributed by atoms with Gasteiger partial charge in [0.15, 0.2) is 0 Å². The van der Waals surface area contributed by atoms with E-state index in [1.807, 2.05) is 6.07 Å². The third kappa shape index (κ3) is 4.71. The van der Waals surface area contributed by atoms with E-state index in [1.165, 1.54) is 22.3 Å². The summed E-state index contributed by atoms with van der Waals surface area (Å²) in [6.07, 6.45) is 18.0. The zero-order chi connectivity index (χ0) is 18.5. The Morgan fingerprint density at radius 3 is 2.13 bits per heavy atom. The molecule has 0 N–H and O–H groups in total. The molecule has 4 fully saturated rings. The van der Waals surface area contributed by atoms with E-state index in [9.17, 15) is 0 Å². The van der Waals surface area contributed by atoms with Crippen molar-refractivity contribution in [3.63, 3.8) is 0 Å². The van der Waals surface area contributed by atoms with Crippen LogP contribution in [0.15, 0.2) is 60.2 Å². The maximum absolute atomic E-state index is 3.36. The Balaban J connectivity index is 0.000000162. The van der Waals surface area contributed by atoms with Crippen LogP contribution in [0.4, 0.5) is 0 Å². The van der Waals surface area contributed by atoms with Gasteiger partial charge in [0.05, 0.1) is 0 Å². The predicted molar refractivity (Wildman–Crippen MR) is 115 cm³/mol. The molecular weight excluding hydrogens is 498 g/mol. The number of hydrogen-bond donors (Lipinski definition) is 0. The zero-order valence-corrected chi connectivity index (χ0v) is 21.8. The van der Waals surface area contributed by atoms with E-state index in [2.05, 4.69) is 60.7 Å². The minimum absolute atomic E-state index is 0. The topological polar surface area (TPSA) is 0 Å². The average molecular weight is 527 g/mol. The largest absolute Gasteiger partial charge is 4.00 e. The van der Waals surface area contributed by atoms with Gasteiger partial charge in [0.2, 0.25) is 0 Å². The van der Waals surface area contributed by atoms with Gasteiger partial charge in [0, 0.05) is 0 Å². The molecule has 0 aromatic heterocycles. The Hall–Kier alpha value is -0.617. The van der Waals surface area contributed by atoms with Gasteiger partial charge in [0.1, 0.15) is 0 Å². The van der Waals surface area contributed by atoms with Gasteiger partial charge in [-0.2, -0.15) is 41.5 Å². The molecule has 0 amide bonds. The average Bonchev–Trinajstić information content (AvgIpc) is 3.35. The molecule has 2 aromatic carbocycles. The van der Waals surface area contributed by atoms with Crippen molar-refractivity contribution in [2.45, 2.75) is 44.9 Å². The van der Waals surface area contributed by atoms with E-state index in [1.54, 1.807) is 37.7 Å². The van der Waals surface area contributed by atoms with Gasteiger partial charge in [-0.15, -0.1) is 12.0 Å². The van der Waals surface area contributed by atoms with Crippen LogP contribution >= 0.6 is 0 Å². The normalized spacial score (nSPS) is 29.9. The summed E-state index contributed by atoms with van der Waals surface area (Å²) in [7, 11) is 0. The van der Waals surface area contributed by atoms with Crippen LogP contribution in [0.25, 0.3) is 11.1 Å². The SMILES string of the molecule is [C-]1=CC(C2C3CC4CC(C3)CC2C4)=CC1.[Cl-].[Cl-].[Zr+4].[c-]1cccc2c1Cc1ccccc1-2. The second-order valence-corrected chi connectivity index (χ2v) is 9.61. The third-order valence-corrected chi connectivity index (χ3v) is 7.95. The molecule has 0 nitrogen and oxygen atoms in total. The number of allylic oxidation sites excluding steroid dienone is 4. The maximum Gasteiger partial charge on any atom is 4.00 e. The summed E-state index contributed by atoms with van der Waals surface area (Å²) in [6, 6.07) is 18.1. The molecule has 0 atom stereocenters. The second-order valence-electron chi connectivity index (χ2n) is 9.61. The van der Waals surface area contributed by atoms with E-state index in [0.29, 0.717) is 0 Å². The first-order valence-corrected chi connectivity index (χ1v) is 11.2. The summed E-state index contributed by atoms with van der Waals surface area (Å²) in [6.45, 7) is 0. The number of halogens is 2. The van der Waals surface area contributed by atoms with Crippen molar-refractivity contribution in [1.29, 1.82) is 0 Å². The van der Waals surface area contributed by atoms with Crippen molar-refractivity contribution in [2.75, 3.05) is 0 Å². The molecule has 0 unspecified atom stereocenters. The Labute approximate surface area is 218 Å². The molecule has 31 heavy (non-hydrogen) atoms. The van der Waals surface area contributed by atoms with E-state index < -0.39 is 0 Å². The number of benzene rings is 2. The summed E-state index contributed by atoms with van der Waals surface area (Å²) in [5.74, 6) is 5.25. The van der Waals surface area contributed by atoms with Crippen molar-refractivity contribution in [2.24, 2.45) is 29.6 Å². The van der Waals surface area contributed by atoms with Crippen LogP contribution in [0.2, 0.25) is 0 Å². The molecule has 4 bridgehead atoms. The summed E-state index contributed by atoms with van der Waals surface area (Å²) in [5.41, 5.74) is 7.17. The summed E-state index contributed by atoms with van der Waals surface area (Å²) >= 11 is 0. The standard InChI is InChI=1S/C15H19.C13H9.2ClH.Zr/c1-2-4-12(3-1)15-13-6-10-5-11(8-13)9-14(15)7-10;1-3-7-12-10(5-1)9-11-6-2-4-8-13(11)12;;;/h3-4,10-11,13-15H,1,5-9H2;1-5,7-8H,9H2;2*1H;/q2*-1;;;+4/p-2. The minimum Gasteiger partial charge on any atom is -1.00 e. The van der Waals surface area contributed by atoms with Crippen LogP contribution in [-0.4, -0.2) is 0 Å². The Kier molecular flexibility index (Phi) is 8.51. The van der Waals surface area contributed by atoms with Gasteiger partial charge in [-0.1, -0.05) is 41.3 Å². The molecule has 0 saturated heterocycles. The molecule has 158 valence electrons. The molecule has 0 radical (unpaired) electrons. The molecule has 4 saturated carbocycles. The predicted octanol–water partition coefficient (Wildman–Crippen LogP) is 0.812. The fraction of sp³-hybridized carbons (Fsp3) is 0.429. The van der Waals surface area contributed by atoms with Crippen molar-refractivity contribution < 1.29 is 51.0 Å². The van der Waals surface area contributed by atoms with Gasteiger partial charge < -0.3 is 24.8 Å². The third-order valence-electron chi connectivity index (χ3n) is 7.95. The van der Waals surface area contributed by atoms with Gasteiger partial charge >= 0.3 is 26.2 Å². The second kappa shape index (κ2) is 10.5. The zero-order valence-electron chi connectivity index (χ0n) is 17.8. The van der Waals surface area contributed by atoms with Gasteiger partial charge in [-0.05, 0) is 62.2 Å². The summed E-state index contributed by atoms with van der Waals surface area (Å²) < 4.78 is 0. The molecule has 0 spiro atoms. The van der Waals surface area contributed by atoms with Crippen molar-refractivity contribution in [1.82, 2.24) is 0 Å². The van der Waals surface area contributed by atoms with Gasteiger partial charge in [-0.3, -0.25) is 6.08 Å². The number of rotatable bonds is 1. The first kappa shape index (κ1) is 25.0. The molecule has 0 heterocycles. The van der Waals surface area contributed by atoms with Crippen molar-refractivity contribution in [3.8, 4) is 11.1 Å². The molecule has 6 aliphatic rings. The monoisotopic (exact) mass is 524 g/mol. The number of hydrogen-bond acceptors (Lipinski definition) is 0. The summed E-state index contributed by atoms with van der Waals surface area (Å²) in [5, 5.41) is 0. The quantitative estimate of drug-likeness (QED) is 0.412. The summed E-state index contributed by atoms with van der Waals surface area (Å²) in [4.78, 5) is 0. The van der Waals surface area contributed by atoms with Crippen molar-refractivity contribution >= 4 is 0 Å². The van der Waals surface area contributed by atoms with Crippen LogP contribution in [0, 0.1) is 41.7 Å². The molecule has 3 heteroatoms. The van der Waals surface area contributed by atoms with E-state index in [-0.39, 0.29) is 51.0 Å². The van der Waals surface area contributed by atoms with Crippen LogP contribution in [0.5, 0.6) is 0 Å². The number of fused-ring (bicyclic) bond motifs is 3. The first-order chi connectivity index (χ1) is 13.8. The Bertz CT molecular complexity index is 889. The van der Waals surface area contributed by atoms with Crippen molar-refractivity contribution in [3.05, 3.63) is 83.5 Å². The van der Waals surface area contributed by atoms with Crippen LogP contribution in [0.1, 0.15) is 49.7 Å². The van der Waals surface area contributed by atoms with Gasteiger partial charge in [-0.25, -0.2) is 6.08 Å². The molecular formula is C28H28Cl2Zr. The van der Waals surface area contributed by atoms with E-state index >= 15 is 0 Å². The maximum atomic E-state index is 3.36.